The highest BCUT2D eigenvalue weighted by atomic mass is 32.2. The van der Waals surface area contributed by atoms with Crippen LogP contribution in [-0.4, -0.2) is 51.9 Å². The molecular weight excluding hydrogens is 248 g/mol. The normalized spacial score (nSPS) is 23.7. The van der Waals surface area contributed by atoms with Crippen LogP contribution in [0.15, 0.2) is 35.3 Å². The molecule has 1 N–H and O–H groups in total. The van der Waals surface area contributed by atoms with Crippen LogP contribution in [0.5, 0.6) is 0 Å². The zero-order valence-electron chi connectivity index (χ0n) is 9.82. The summed E-state index contributed by atoms with van der Waals surface area (Å²) >= 11 is 1.62. The predicted molar refractivity (Wildman–Crippen MR) is 71.8 cm³/mol. The minimum atomic E-state index is -0.347. The van der Waals surface area contributed by atoms with E-state index in [4.69, 9.17) is 0 Å². The van der Waals surface area contributed by atoms with Crippen molar-refractivity contribution in [3.8, 4) is 0 Å². The summed E-state index contributed by atoms with van der Waals surface area (Å²) in [7, 11) is 0. The average molecular weight is 262 g/mol. The van der Waals surface area contributed by atoms with Gasteiger partial charge in [0.05, 0.1) is 11.1 Å². The van der Waals surface area contributed by atoms with Gasteiger partial charge in [-0.25, -0.2) is 0 Å². The van der Waals surface area contributed by atoms with Crippen LogP contribution in [0.3, 0.4) is 0 Å². The van der Waals surface area contributed by atoms with E-state index in [0.29, 0.717) is 18.8 Å². The molecule has 18 heavy (non-hydrogen) atoms. The van der Waals surface area contributed by atoms with Gasteiger partial charge in [0.2, 0.25) is 5.91 Å². The molecule has 1 unspecified atom stereocenters. The molecule has 1 atom stereocenters. The fourth-order valence-electron chi connectivity index (χ4n) is 2.09. The predicted octanol–water partition coefficient (Wildman–Crippen LogP) is 0.752. The van der Waals surface area contributed by atoms with Crippen LogP contribution < -0.4 is 0 Å². The molecule has 1 fully saturated rings. The second-order valence-corrected chi connectivity index (χ2v) is 5.53. The molecule has 0 radical (unpaired) electrons. The van der Waals surface area contributed by atoms with Crippen LogP contribution in [-0.2, 0) is 4.79 Å². The number of aliphatic hydroxyl groups is 1. The first-order valence-electron chi connectivity index (χ1n) is 5.97. The Bertz CT molecular complexity index is 483. The molecule has 1 amide bonds. The van der Waals surface area contributed by atoms with Crippen LogP contribution in [0.4, 0.5) is 0 Å². The van der Waals surface area contributed by atoms with Crippen LogP contribution >= 0.6 is 11.8 Å². The number of benzene rings is 1. The maximum Gasteiger partial charge on any atom is 0.248 e. The van der Waals surface area contributed by atoms with Gasteiger partial charge in [-0.2, -0.15) is 0 Å². The molecule has 3 rings (SSSR count). The number of carbonyl (C=O) groups excluding carboxylic acids is 1. The number of rotatable bonds is 2. The van der Waals surface area contributed by atoms with Crippen molar-refractivity contribution in [1.82, 2.24) is 4.90 Å². The molecule has 1 saturated heterocycles. The Labute approximate surface area is 110 Å². The van der Waals surface area contributed by atoms with Crippen LogP contribution in [0.1, 0.15) is 5.56 Å². The largest absolute Gasteiger partial charge is 0.389 e. The maximum absolute atomic E-state index is 12.0. The van der Waals surface area contributed by atoms with E-state index in [0.717, 1.165) is 10.6 Å². The van der Waals surface area contributed by atoms with Crippen molar-refractivity contribution in [3.63, 3.8) is 0 Å². The smallest absolute Gasteiger partial charge is 0.248 e. The monoisotopic (exact) mass is 262 g/mol. The summed E-state index contributed by atoms with van der Waals surface area (Å²) < 4.78 is 0. The Morgan fingerprint density at radius 3 is 2.72 bits per heavy atom. The third-order valence-electron chi connectivity index (χ3n) is 3.13. The lowest BCUT2D eigenvalue weighted by Crippen LogP contribution is -2.56. The van der Waals surface area contributed by atoms with Crippen molar-refractivity contribution in [2.75, 3.05) is 18.8 Å². The number of likely N-dealkylation sites (tertiary alicyclic amines) is 1. The van der Waals surface area contributed by atoms with Gasteiger partial charge in [-0.1, -0.05) is 30.3 Å². The summed E-state index contributed by atoms with van der Waals surface area (Å²) in [5.41, 5.74) is 1.07. The number of hydrogen-bond donors (Lipinski definition) is 1. The quantitative estimate of drug-likeness (QED) is 0.856. The summed E-state index contributed by atoms with van der Waals surface area (Å²) in [5, 5.41) is 10.1. The number of aliphatic hydroxyl groups excluding tert-OH is 1. The molecule has 0 bridgehead atoms. The van der Waals surface area contributed by atoms with Crippen molar-refractivity contribution in [2.45, 2.75) is 12.1 Å². The van der Waals surface area contributed by atoms with E-state index < -0.39 is 0 Å². The number of amides is 1. The topological polar surface area (TPSA) is 52.9 Å². The number of carbonyl (C=O) groups is 1. The van der Waals surface area contributed by atoms with Crippen molar-refractivity contribution in [1.29, 1.82) is 0 Å². The summed E-state index contributed by atoms with van der Waals surface area (Å²) in [5.74, 6) is 0.745. The SMILES string of the molecule is O=C(C1CSC(c2ccccc2)=N1)N1CC(O)C1. The van der Waals surface area contributed by atoms with E-state index in [1.807, 2.05) is 30.3 Å². The number of nitrogens with zero attached hydrogens (tertiary/aromatic N) is 2. The first kappa shape index (κ1) is 11.7. The molecular formula is C13H14N2O2S. The average Bonchev–Trinajstić information content (AvgIpc) is 2.85. The molecule has 0 saturated carbocycles. The maximum atomic E-state index is 12.0. The fraction of sp³-hybridized carbons (Fsp3) is 0.385. The zero-order chi connectivity index (χ0) is 12.5. The van der Waals surface area contributed by atoms with Gasteiger partial charge in [-0.05, 0) is 0 Å². The lowest BCUT2D eigenvalue weighted by atomic mass is 10.1. The number of aliphatic imine (C=N–C) groups is 1. The van der Waals surface area contributed by atoms with E-state index in [2.05, 4.69) is 4.99 Å². The summed E-state index contributed by atoms with van der Waals surface area (Å²) in [6, 6.07) is 9.64. The first-order valence-corrected chi connectivity index (χ1v) is 6.95. The molecule has 0 aromatic heterocycles. The van der Waals surface area contributed by atoms with Gasteiger partial charge < -0.3 is 10.0 Å². The van der Waals surface area contributed by atoms with Crippen LogP contribution in [0.25, 0.3) is 0 Å². The zero-order valence-corrected chi connectivity index (χ0v) is 10.6. The molecule has 0 spiro atoms. The number of hydrogen-bond acceptors (Lipinski definition) is 4. The third kappa shape index (κ3) is 2.15. The first-order chi connectivity index (χ1) is 8.74. The molecule has 94 valence electrons. The van der Waals surface area contributed by atoms with Gasteiger partial charge in [0, 0.05) is 24.4 Å². The minimum absolute atomic E-state index is 0.0405. The number of thioether (sulfide) groups is 1. The molecule has 2 aliphatic rings. The van der Waals surface area contributed by atoms with Crippen molar-refractivity contribution >= 4 is 22.7 Å². The Balaban J connectivity index is 1.70. The lowest BCUT2D eigenvalue weighted by Gasteiger charge is -2.36. The van der Waals surface area contributed by atoms with Crippen molar-refractivity contribution in [3.05, 3.63) is 35.9 Å². The van der Waals surface area contributed by atoms with E-state index in [1.54, 1.807) is 16.7 Å². The van der Waals surface area contributed by atoms with Crippen LogP contribution in [0.2, 0.25) is 0 Å². The fourth-order valence-corrected chi connectivity index (χ4v) is 3.12. The van der Waals surface area contributed by atoms with E-state index in [1.165, 1.54) is 0 Å². The molecule has 4 nitrogen and oxygen atoms in total. The van der Waals surface area contributed by atoms with Crippen molar-refractivity contribution in [2.24, 2.45) is 4.99 Å². The Morgan fingerprint density at radius 2 is 2.06 bits per heavy atom. The van der Waals surface area contributed by atoms with E-state index >= 15 is 0 Å². The highest BCUT2D eigenvalue weighted by molar-refractivity contribution is 8.14. The molecule has 1 aromatic rings. The van der Waals surface area contributed by atoms with Gasteiger partial charge in [-0.15, -0.1) is 11.8 Å². The second kappa shape index (κ2) is 4.74. The number of β-amino-alcohol motifs (C(OH)–C–C–N with tert-alkyl or cyclic N) is 1. The molecule has 5 heteroatoms. The third-order valence-corrected chi connectivity index (χ3v) is 4.23. The van der Waals surface area contributed by atoms with Gasteiger partial charge in [0.15, 0.2) is 0 Å². The van der Waals surface area contributed by atoms with E-state index in [-0.39, 0.29) is 18.1 Å². The molecule has 1 aromatic carbocycles. The van der Waals surface area contributed by atoms with Gasteiger partial charge in [0.1, 0.15) is 6.04 Å². The van der Waals surface area contributed by atoms with Crippen molar-refractivity contribution < 1.29 is 9.90 Å². The van der Waals surface area contributed by atoms with Gasteiger partial charge in [-0.3, -0.25) is 9.79 Å². The summed E-state index contributed by atoms with van der Waals surface area (Å²) in [6.45, 7) is 0.909. The lowest BCUT2D eigenvalue weighted by molar-refractivity contribution is -0.141. The highest BCUT2D eigenvalue weighted by Crippen LogP contribution is 2.25. The summed E-state index contributed by atoms with van der Waals surface area (Å²) in [4.78, 5) is 18.2. The Kier molecular flexibility index (Phi) is 3.09. The summed E-state index contributed by atoms with van der Waals surface area (Å²) in [6.07, 6.45) is -0.347. The Morgan fingerprint density at radius 1 is 1.33 bits per heavy atom. The Hall–Kier alpha value is -1.33. The van der Waals surface area contributed by atoms with Gasteiger partial charge >= 0.3 is 0 Å². The van der Waals surface area contributed by atoms with Gasteiger partial charge in [0.25, 0.3) is 0 Å². The minimum Gasteiger partial charge on any atom is -0.389 e. The molecule has 0 aliphatic carbocycles. The van der Waals surface area contributed by atoms with E-state index in [9.17, 15) is 9.90 Å². The second-order valence-electron chi connectivity index (χ2n) is 4.52. The highest BCUT2D eigenvalue weighted by Gasteiger charge is 2.35. The van der Waals surface area contributed by atoms with Crippen LogP contribution in [0, 0.1) is 0 Å². The molecule has 2 aliphatic heterocycles. The standard InChI is InChI=1S/C13H14N2O2S/c16-10-6-15(7-10)13(17)11-8-18-12(14-11)9-4-2-1-3-5-9/h1-5,10-11,16H,6-8H2. The molecule has 2 heterocycles.